The van der Waals surface area contributed by atoms with Crippen molar-refractivity contribution in [1.82, 2.24) is 0 Å². The van der Waals surface area contributed by atoms with Gasteiger partial charge in [-0.3, -0.25) is 4.79 Å². The van der Waals surface area contributed by atoms with Crippen molar-refractivity contribution in [2.24, 2.45) is 0 Å². The minimum Gasteiger partial charge on any atom is -0.412 e. The Kier molecular flexibility index (Phi) is 6.29. The molecule has 1 aromatic rings. The summed E-state index contributed by atoms with van der Waals surface area (Å²) in [6.45, 7) is 11.8. The molecule has 5 heteroatoms. The highest BCUT2D eigenvalue weighted by Gasteiger charge is 2.37. The molecule has 0 aliphatic heterocycles. The van der Waals surface area contributed by atoms with Crippen LogP contribution in [0.1, 0.15) is 53.7 Å². The summed E-state index contributed by atoms with van der Waals surface area (Å²) >= 11 is 7.72. The van der Waals surface area contributed by atoms with Crippen LogP contribution in [0.3, 0.4) is 0 Å². The monoisotopic (exact) mass is 382 g/mol. The van der Waals surface area contributed by atoms with E-state index in [4.69, 9.17) is 16.0 Å². The summed E-state index contributed by atoms with van der Waals surface area (Å²) in [6.07, 6.45) is 7.96. The second-order valence-corrected chi connectivity index (χ2v) is 14.3. The van der Waals surface area contributed by atoms with E-state index in [1.165, 1.54) is 11.1 Å². The lowest BCUT2D eigenvalue weighted by Gasteiger charge is -2.36. The van der Waals surface area contributed by atoms with Crippen LogP contribution < -0.4 is 0 Å². The summed E-state index contributed by atoms with van der Waals surface area (Å²) in [5.41, 5.74) is 2.42. The summed E-state index contributed by atoms with van der Waals surface area (Å²) < 4.78 is 6.36. The highest BCUT2D eigenvalue weighted by Crippen LogP contribution is 2.38. The zero-order valence-electron chi connectivity index (χ0n) is 15.2. The van der Waals surface area contributed by atoms with Gasteiger partial charge in [0, 0.05) is 9.91 Å². The lowest BCUT2D eigenvalue weighted by atomic mass is 10.00. The normalized spacial score (nSPS) is 15.9. The third-order valence-electron chi connectivity index (χ3n) is 4.93. The van der Waals surface area contributed by atoms with Crippen LogP contribution in [-0.4, -0.2) is 14.6 Å². The van der Waals surface area contributed by atoms with E-state index in [2.05, 4.69) is 46.0 Å². The summed E-state index contributed by atoms with van der Waals surface area (Å²) in [5, 5.41) is 1.09. The maximum Gasteiger partial charge on any atom is 0.192 e. The van der Waals surface area contributed by atoms with Gasteiger partial charge in [-0.25, -0.2) is 0 Å². The molecule has 0 saturated carbocycles. The van der Waals surface area contributed by atoms with Gasteiger partial charge in [0.15, 0.2) is 14.6 Å². The molecule has 2 nitrogen and oxygen atoms in total. The van der Waals surface area contributed by atoms with Crippen LogP contribution in [0.2, 0.25) is 18.1 Å². The van der Waals surface area contributed by atoms with Gasteiger partial charge in [-0.15, -0.1) is 11.3 Å². The highest BCUT2D eigenvalue weighted by molar-refractivity contribution is 7.13. The van der Waals surface area contributed by atoms with E-state index in [0.29, 0.717) is 6.61 Å². The van der Waals surface area contributed by atoms with E-state index in [9.17, 15) is 4.79 Å². The van der Waals surface area contributed by atoms with E-state index in [0.717, 1.165) is 40.3 Å². The second-order valence-electron chi connectivity index (χ2n) is 7.85. The molecule has 0 spiro atoms. The predicted molar refractivity (Wildman–Crippen MR) is 107 cm³/mol. The van der Waals surface area contributed by atoms with Crippen LogP contribution in [0.15, 0.2) is 28.8 Å². The number of aldehydes is 1. The number of rotatable bonds is 6. The van der Waals surface area contributed by atoms with Crippen LogP contribution >= 0.6 is 22.9 Å². The smallest absolute Gasteiger partial charge is 0.192 e. The standard InChI is InChI=1S/C19H27ClO2SSi/c1-19(2,3)24(4,5)22-13-18-15(11-17(12-21)23-18)9-14-7-6-8-16(20)10-14/h7,10-12H,6,8-9,13H2,1-5H3. The Morgan fingerprint density at radius 3 is 2.67 bits per heavy atom. The third kappa shape index (κ3) is 4.91. The fraction of sp³-hybridized carbons (Fsp3) is 0.526. The van der Waals surface area contributed by atoms with Crippen molar-refractivity contribution >= 4 is 37.5 Å². The van der Waals surface area contributed by atoms with Crippen molar-refractivity contribution in [3.05, 3.63) is 44.1 Å². The number of halogens is 1. The summed E-state index contributed by atoms with van der Waals surface area (Å²) in [4.78, 5) is 13.1. The van der Waals surface area contributed by atoms with Gasteiger partial charge >= 0.3 is 0 Å². The Bertz CT molecular complexity index is 665. The molecule has 0 bridgehead atoms. The molecule has 0 amide bonds. The molecular formula is C19H27ClO2SSi. The Hall–Kier alpha value is -0.683. The zero-order chi connectivity index (χ0) is 18.0. The van der Waals surface area contributed by atoms with Crippen molar-refractivity contribution < 1.29 is 9.22 Å². The summed E-state index contributed by atoms with van der Waals surface area (Å²) in [6, 6.07) is 2.00. The van der Waals surface area contributed by atoms with Crippen LogP contribution in [0.25, 0.3) is 0 Å². The molecular weight excluding hydrogens is 356 g/mol. The third-order valence-corrected chi connectivity index (χ3v) is 10.8. The first-order valence-corrected chi connectivity index (χ1v) is 12.5. The SMILES string of the molecule is CC(C)(C)[Si](C)(C)OCc1sc(C=O)cc1CC1=CCCC(Cl)=C1. The molecule has 1 aliphatic carbocycles. The van der Waals surface area contributed by atoms with Gasteiger partial charge in [0.1, 0.15) is 0 Å². The van der Waals surface area contributed by atoms with Gasteiger partial charge in [-0.2, -0.15) is 0 Å². The van der Waals surface area contributed by atoms with Crippen LogP contribution in [0.5, 0.6) is 0 Å². The maximum atomic E-state index is 11.2. The lowest BCUT2D eigenvalue weighted by Crippen LogP contribution is -2.40. The summed E-state index contributed by atoms with van der Waals surface area (Å²) in [5.74, 6) is 0. The second kappa shape index (κ2) is 7.69. The molecule has 2 rings (SSSR count). The lowest BCUT2D eigenvalue weighted by molar-refractivity contribution is 0.112. The van der Waals surface area contributed by atoms with Gasteiger partial charge < -0.3 is 4.43 Å². The predicted octanol–water partition coefficient (Wildman–Crippen LogP) is 6.47. The fourth-order valence-electron chi connectivity index (χ4n) is 2.35. The van der Waals surface area contributed by atoms with E-state index in [1.54, 1.807) is 11.3 Å². The van der Waals surface area contributed by atoms with Gasteiger partial charge in [0.2, 0.25) is 0 Å². The van der Waals surface area contributed by atoms with Crippen LogP contribution in [-0.2, 0) is 17.5 Å². The van der Waals surface area contributed by atoms with Crippen molar-refractivity contribution in [3.63, 3.8) is 0 Å². The average molecular weight is 383 g/mol. The van der Waals surface area contributed by atoms with Crippen molar-refractivity contribution in [2.45, 2.75) is 64.8 Å². The quantitative estimate of drug-likeness (QED) is 0.416. The van der Waals surface area contributed by atoms with Crippen molar-refractivity contribution in [1.29, 1.82) is 0 Å². The molecule has 1 heterocycles. The van der Waals surface area contributed by atoms with Gasteiger partial charge in [0.05, 0.1) is 11.5 Å². The largest absolute Gasteiger partial charge is 0.412 e. The Morgan fingerprint density at radius 2 is 2.08 bits per heavy atom. The van der Waals surface area contributed by atoms with E-state index >= 15 is 0 Å². The molecule has 0 atom stereocenters. The number of carbonyl (C=O) groups excluding carboxylic acids is 1. The average Bonchev–Trinajstić information content (AvgIpc) is 2.86. The Balaban J connectivity index is 2.17. The molecule has 0 unspecified atom stereocenters. The minimum atomic E-state index is -1.80. The first-order valence-electron chi connectivity index (χ1n) is 8.38. The van der Waals surface area contributed by atoms with Gasteiger partial charge in [-0.1, -0.05) is 38.4 Å². The fourth-order valence-corrected chi connectivity index (χ4v) is 4.56. The number of allylic oxidation sites excluding steroid dienone is 4. The Labute approximate surface area is 155 Å². The van der Waals surface area contributed by atoms with E-state index in [-0.39, 0.29) is 5.04 Å². The molecule has 24 heavy (non-hydrogen) atoms. The molecule has 132 valence electrons. The van der Waals surface area contributed by atoms with Gasteiger partial charge in [-0.05, 0) is 60.7 Å². The number of hydrogen-bond donors (Lipinski definition) is 0. The maximum absolute atomic E-state index is 11.2. The number of carbonyl (C=O) groups is 1. The number of thiophene rings is 1. The zero-order valence-corrected chi connectivity index (χ0v) is 17.8. The van der Waals surface area contributed by atoms with E-state index in [1.807, 2.05) is 6.07 Å². The van der Waals surface area contributed by atoms with Crippen LogP contribution in [0.4, 0.5) is 0 Å². The molecule has 0 fully saturated rings. The molecule has 0 aromatic carbocycles. The Morgan fingerprint density at radius 1 is 1.38 bits per heavy atom. The molecule has 0 saturated heterocycles. The van der Waals surface area contributed by atoms with Crippen LogP contribution in [0, 0.1) is 0 Å². The molecule has 1 aromatic heterocycles. The molecule has 0 N–H and O–H groups in total. The number of hydrogen-bond acceptors (Lipinski definition) is 3. The van der Waals surface area contributed by atoms with Crippen molar-refractivity contribution in [2.75, 3.05) is 0 Å². The highest BCUT2D eigenvalue weighted by atomic mass is 35.5. The molecule has 0 radical (unpaired) electrons. The minimum absolute atomic E-state index is 0.181. The first-order chi connectivity index (χ1) is 11.1. The van der Waals surface area contributed by atoms with Gasteiger partial charge in [0.25, 0.3) is 0 Å². The topological polar surface area (TPSA) is 26.3 Å². The van der Waals surface area contributed by atoms with E-state index < -0.39 is 8.32 Å². The first kappa shape index (κ1) is 19.6. The van der Waals surface area contributed by atoms with Crippen molar-refractivity contribution in [3.8, 4) is 0 Å². The molecule has 1 aliphatic rings. The summed E-state index contributed by atoms with van der Waals surface area (Å²) in [7, 11) is -1.80.